The van der Waals surface area contributed by atoms with Crippen molar-refractivity contribution in [3.8, 4) is 6.07 Å². The molecule has 0 amide bonds. The predicted octanol–water partition coefficient (Wildman–Crippen LogP) is 3.09. The molecule has 1 aliphatic carbocycles. The van der Waals surface area contributed by atoms with Crippen LogP contribution in [-0.4, -0.2) is 64.2 Å². The molecule has 2 aromatic rings. The largest absolute Gasteiger partial charge is 0.422 e. The van der Waals surface area contributed by atoms with Gasteiger partial charge in [-0.3, -0.25) is 9.69 Å². The number of aromatic amines is 1. The molecule has 2 atom stereocenters. The third kappa shape index (κ3) is 4.23. The van der Waals surface area contributed by atoms with Crippen LogP contribution >= 0.6 is 0 Å². The number of hydrogen-bond acceptors (Lipinski definition) is 7. The first-order chi connectivity index (χ1) is 17.1. The van der Waals surface area contributed by atoms with Gasteiger partial charge in [0.05, 0.1) is 17.3 Å². The van der Waals surface area contributed by atoms with Gasteiger partial charge in [0.2, 0.25) is 0 Å². The Hall–Kier alpha value is -3.39. The number of hydrogen-bond donors (Lipinski definition) is 1. The Kier molecular flexibility index (Phi) is 6.03. The van der Waals surface area contributed by atoms with Gasteiger partial charge in [0.1, 0.15) is 17.5 Å². The minimum Gasteiger partial charge on any atom is -0.371 e. The van der Waals surface area contributed by atoms with Gasteiger partial charge in [-0.1, -0.05) is 13.5 Å². The molecule has 2 unspecified atom stereocenters. The van der Waals surface area contributed by atoms with Crippen LogP contribution in [0.1, 0.15) is 48.2 Å². The number of rotatable bonds is 4. The molecular weight excluding hydrogens is 471 g/mol. The maximum Gasteiger partial charge on any atom is 0.422 e. The van der Waals surface area contributed by atoms with Crippen molar-refractivity contribution < 1.29 is 13.2 Å². The smallest absolute Gasteiger partial charge is 0.371 e. The zero-order chi connectivity index (χ0) is 25.7. The number of alkyl halides is 3. The van der Waals surface area contributed by atoms with Crippen LogP contribution in [0.3, 0.4) is 0 Å². The van der Waals surface area contributed by atoms with E-state index < -0.39 is 17.3 Å². The highest BCUT2D eigenvalue weighted by Gasteiger charge is 2.46. The van der Waals surface area contributed by atoms with Gasteiger partial charge in [-0.05, 0) is 43.5 Å². The summed E-state index contributed by atoms with van der Waals surface area (Å²) in [5.74, 6) is 0.848. The van der Waals surface area contributed by atoms with Crippen molar-refractivity contribution in [3.05, 3.63) is 63.3 Å². The van der Waals surface area contributed by atoms with E-state index in [1.54, 1.807) is 12.3 Å². The molecule has 2 aromatic heterocycles. The lowest BCUT2D eigenvalue weighted by molar-refractivity contribution is -0.139. The Morgan fingerprint density at radius 1 is 1.25 bits per heavy atom. The summed E-state index contributed by atoms with van der Waals surface area (Å²) >= 11 is 0. The van der Waals surface area contributed by atoms with E-state index in [1.807, 2.05) is 6.07 Å². The lowest BCUT2D eigenvalue weighted by Gasteiger charge is -2.42. The number of piperazine rings is 1. The topological polar surface area (TPSA) is 92.2 Å². The Labute approximate surface area is 207 Å². The Balaban J connectivity index is 1.25. The molecule has 36 heavy (non-hydrogen) atoms. The molecule has 2 aliphatic heterocycles. The summed E-state index contributed by atoms with van der Waals surface area (Å²) in [5.41, 5.74) is -0.511. The highest BCUT2D eigenvalue weighted by Crippen LogP contribution is 2.46. The number of pyridine rings is 1. The number of halogens is 3. The van der Waals surface area contributed by atoms with Gasteiger partial charge in [-0.25, -0.2) is 10.1 Å². The zero-order valence-corrected chi connectivity index (χ0v) is 20.1. The van der Waals surface area contributed by atoms with Crippen LogP contribution in [0.25, 0.3) is 0 Å². The highest BCUT2D eigenvalue weighted by molar-refractivity contribution is 5.42. The minimum atomic E-state index is -4.70. The predicted molar refractivity (Wildman–Crippen MR) is 127 cm³/mol. The SMILES string of the molecule is C=C(N1CCN(c2ccc(C#N)cn2)CC1)C1(C)CCN(C2CCc3c2n[nH]c(=O)c3C(F)(F)F)C1. The second kappa shape index (κ2) is 8.92. The lowest BCUT2D eigenvalue weighted by atomic mass is 9.85. The molecule has 8 nitrogen and oxygen atoms in total. The molecule has 1 N–H and O–H groups in total. The standard InChI is InChI=1S/C25H28F3N7O/c1-16(33-9-11-34(12-10-33)20-6-3-17(13-29)14-30-20)24(2)7-8-35(15-24)19-5-4-18-21(25(26,27)28)23(36)32-31-22(18)19/h3,6,14,19H,1,4-5,7-12,15H2,2H3,(H,32,36). The fourth-order valence-corrected chi connectivity index (χ4v) is 5.83. The van der Waals surface area contributed by atoms with E-state index in [1.165, 1.54) is 0 Å². The van der Waals surface area contributed by atoms with Crippen molar-refractivity contribution >= 4 is 5.82 Å². The summed E-state index contributed by atoms with van der Waals surface area (Å²) in [6.45, 7) is 11.2. The van der Waals surface area contributed by atoms with Gasteiger partial charge < -0.3 is 9.80 Å². The van der Waals surface area contributed by atoms with Crippen molar-refractivity contribution in [2.24, 2.45) is 5.41 Å². The quantitative estimate of drug-likeness (QED) is 0.691. The van der Waals surface area contributed by atoms with Crippen molar-refractivity contribution in [2.45, 2.75) is 38.4 Å². The van der Waals surface area contributed by atoms with Gasteiger partial charge in [-0.15, -0.1) is 0 Å². The van der Waals surface area contributed by atoms with Gasteiger partial charge in [-0.2, -0.15) is 23.5 Å². The number of aromatic nitrogens is 3. The second-order valence-electron chi connectivity index (χ2n) is 10.1. The minimum absolute atomic E-state index is 0.0382. The average molecular weight is 500 g/mol. The van der Waals surface area contributed by atoms with Gasteiger partial charge in [0, 0.05) is 50.0 Å². The summed E-state index contributed by atoms with van der Waals surface area (Å²) in [6, 6.07) is 5.47. The van der Waals surface area contributed by atoms with E-state index in [0.717, 1.165) is 50.7 Å². The van der Waals surface area contributed by atoms with Crippen molar-refractivity contribution in [3.63, 3.8) is 0 Å². The van der Waals surface area contributed by atoms with Crippen molar-refractivity contribution in [2.75, 3.05) is 44.2 Å². The number of nitrogens with one attached hydrogen (secondary N) is 1. The van der Waals surface area contributed by atoms with Crippen LogP contribution in [-0.2, 0) is 12.6 Å². The molecular formula is C25H28F3N7O. The maximum absolute atomic E-state index is 13.5. The summed E-state index contributed by atoms with van der Waals surface area (Å²) in [5, 5.41) is 15.1. The van der Waals surface area contributed by atoms with E-state index >= 15 is 0 Å². The van der Waals surface area contributed by atoms with Gasteiger partial charge in [0.25, 0.3) is 5.56 Å². The number of fused-ring (bicyclic) bond motifs is 1. The van der Waals surface area contributed by atoms with Crippen LogP contribution in [0.5, 0.6) is 0 Å². The fourth-order valence-electron chi connectivity index (χ4n) is 5.83. The molecule has 2 fully saturated rings. The summed E-state index contributed by atoms with van der Waals surface area (Å²) in [7, 11) is 0. The van der Waals surface area contributed by atoms with E-state index in [4.69, 9.17) is 5.26 Å². The number of nitrogens with zero attached hydrogens (tertiary/aromatic N) is 6. The average Bonchev–Trinajstić information content (AvgIpc) is 3.47. The first-order valence-electron chi connectivity index (χ1n) is 12.1. The van der Waals surface area contributed by atoms with Gasteiger partial charge >= 0.3 is 6.18 Å². The number of anilines is 1. The van der Waals surface area contributed by atoms with E-state index in [9.17, 15) is 18.0 Å². The maximum atomic E-state index is 13.5. The number of likely N-dealkylation sites (tertiary alicyclic amines) is 1. The molecule has 11 heteroatoms. The molecule has 0 aromatic carbocycles. The molecule has 3 aliphatic rings. The Bertz CT molecular complexity index is 1260. The molecule has 4 heterocycles. The number of nitriles is 1. The van der Waals surface area contributed by atoms with Crippen LogP contribution in [0.15, 0.2) is 35.4 Å². The molecule has 0 bridgehead atoms. The van der Waals surface area contributed by atoms with Crippen LogP contribution < -0.4 is 10.5 Å². The Morgan fingerprint density at radius 3 is 2.64 bits per heavy atom. The Morgan fingerprint density at radius 2 is 2.00 bits per heavy atom. The second-order valence-corrected chi connectivity index (χ2v) is 10.1. The molecule has 190 valence electrons. The summed E-state index contributed by atoms with van der Waals surface area (Å²) in [6.07, 6.45) is -1.55. The number of H-pyrrole nitrogens is 1. The first-order valence-corrected chi connectivity index (χ1v) is 12.1. The fraction of sp³-hybridized carbons (Fsp3) is 0.520. The van der Waals surface area contributed by atoms with Crippen molar-refractivity contribution in [1.29, 1.82) is 5.26 Å². The third-order valence-corrected chi connectivity index (χ3v) is 7.89. The van der Waals surface area contributed by atoms with Crippen LogP contribution in [0.4, 0.5) is 19.0 Å². The molecule has 0 saturated carbocycles. The van der Waals surface area contributed by atoms with Crippen molar-refractivity contribution in [1.82, 2.24) is 25.0 Å². The monoisotopic (exact) mass is 499 g/mol. The molecule has 0 radical (unpaired) electrons. The summed E-state index contributed by atoms with van der Waals surface area (Å²) in [4.78, 5) is 22.9. The van der Waals surface area contributed by atoms with Crippen LogP contribution in [0.2, 0.25) is 0 Å². The lowest BCUT2D eigenvalue weighted by Crippen LogP contribution is -2.48. The highest BCUT2D eigenvalue weighted by atomic mass is 19.4. The zero-order valence-electron chi connectivity index (χ0n) is 20.1. The summed E-state index contributed by atoms with van der Waals surface area (Å²) < 4.78 is 40.5. The van der Waals surface area contributed by atoms with Crippen LogP contribution in [0, 0.1) is 16.7 Å². The van der Waals surface area contributed by atoms with E-state index in [0.29, 0.717) is 24.2 Å². The molecule has 5 rings (SSSR count). The molecule has 2 saturated heterocycles. The van der Waals surface area contributed by atoms with E-state index in [2.05, 4.69) is 49.5 Å². The third-order valence-electron chi connectivity index (χ3n) is 7.89. The normalized spacial score (nSPS) is 24.6. The van der Waals surface area contributed by atoms with Gasteiger partial charge in [0.15, 0.2) is 0 Å². The molecule has 0 spiro atoms. The first kappa shape index (κ1) is 24.3. The van der Waals surface area contributed by atoms with E-state index in [-0.39, 0.29) is 23.4 Å².